The van der Waals surface area contributed by atoms with E-state index in [1.807, 2.05) is 23.7 Å². The first-order valence-electron chi connectivity index (χ1n) is 6.05. The third kappa shape index (κ3) is 3.95. The standard InChI is InChI=1S/C14H18N2S/c1-2-13-3-4-14(17-13)11-16-10-7-12-5-8-15-9-6-12/h3-6,8-9,16H,2,7,10-11H2,1H3. The highest BCUT2D eigenvalue weighted by molar-refractivity contribution is 7.11. The molecule has 0 atom stereocenters. The second kappa shape index (κ2) is 6.52. The Labute approximate surface area is 107 Å². The fourth-order valence-corrected chi connectivity index (χ4v) is 2.63. The topological polar surface area (TPSA) is 24.9 Å². The van der Waals surface area contributed by atoms with Gasteiger partial charge in [-0.05, 0) is 49.2 Å². The molecule has 2 aromatic rings. The predicted octanol–water partition coefficient (Wildman–Crippen LogP) is 3.04. The zero-order chi connectivity index (χ0) is 11.9. The monoisotopic (exact) mass is 246 g/mol. The summed E-state index contributed by atoms with van der Waals surface area (Å²) >= 11 is 1.91. The van der Waals surface area contributed by atoms with E-state index in [1.165, 1.54) is 15.3 Å². The van der Waals surface area contributed by atoms with Gasteiger partial charge in [-0.25, -0.2) is 0 Å². The van der Waals surface area contributed by atoms with Gasteiger partial charge < -0.3 is 5.32 Å². The van der Waals surface area contributed by atoms with Crippen molar-refractivity contribution in [1.29, 1.82) is 0 Å². The van der Waals surface area contributed by atoms with Gasteiger partial charge in [-0.3, -0.25) is 4.98 Å². The Kier molecular flexibility index (Phi) is 4.71. The molecule has 90 valence electrons. The smallest absolute Gasteiger partial charge is 0.0299 e. The second-order valence-electron chi connectivity index (χ2n) is 4.00. The molecule has 17 heavy (non-hydrogen) atoms. The molecule has 1 N–H and O–H groups in total. The van der Waals surface area contributed by atoms with Crippen LogP contribution in [-0.4, -0.2) is 11.5 Å². The summed E-state index contributed by atoms with van der Waals surface area (Å²) in [6.45, 7) is 4.20. The molecule has 2 rings (SSSR count). The SMILES string of the molecule is CCc1ccc(CNCCc2ccncc2)s1. The Balaban J connectivity index is 1.69. The first kappa shape index (κ1) is 12.3. The summed E-state index contributed by atoms with van der Waals surface area (Å²) < 4.78 is 0. The number of aryl methyl sites for hydroxylation is 1. The van der Waals surface area contributed by atoms with E-state index in [0.717, 1.165) is 25.9 Å². The highest BCUT2D eigenvalue weighted by Crippen LogP contribution is 2.16. The van der Waals surface area contributed by atoms with Crippen LogP contribution in [-0.2, 0) is 19.4 Å². The molecule has 3 heteroatoms. The number of nitrogens with one attached hydrogen (secondary N) is 1. The third-order valence-corrected chi connectivity index (χ3v) is 3.93. The number of nitrogens with zero attached hydrogens (tertiary/aromatic N) is 1. The van der Waals surface area contributed by atoms with E-state index in [4.69, 9.17) is 0 Å². The van der Waals surface area contributed by atoms with Gasteiger partial charge in [-0.15, -0.1) is 11.3 Å². The summed E-state index contributed by atoms with van der Waals surface area (Å²) in [7, 11) is 0. The van der Waals surface area contributed by atoms with Gasteiger partial charge in [-0.1, -0.05) is 6.92 Å². The van der Waals surface area contributed by atoms with Crippen LogP contribution in [0.25, 0.3) is 0 Å². The van der Waals surface area contributed by atoms with Crippen molar-refractivity contribution in [3.63, 3.8) is 0 Å². The Bertz CT molecular complexity index is 436. The fraction of sp³-hybridized carbons (Fsp3) is 0.357. The molecule has 2 heterocycles. The zero-order valence-corrected chi connectivity index (χ0v) is 11.0. The highest BCUT2D eigenvalue weighted by Gasteiger charge is 1.98. The van der Waals surface area contributed by atoms with E-state index in [0.29, 0.717) is 0 Å². The Morgan fingerprint density at radius 3 is 2.59 bits per heavy atom. The lowest BCUT2D eigenvalue weighted by Gasteiger charge is -2.02. The van der Waals surface area contributed by atoms with Crippen molar-refractivity contribution in [3.05, 3.63) is 52.0 Å². The van der Waals surface area contributed by atoms with Crippen molar-refractivity contribution in [2.45, 2.75) is 26.3 Å². The molecule has 0 aromatic carbocycles. The predicted molar refractivity (Wildman–Crippen MR) is 73.3 cm³/mol. The van der Waals surface area contributed by atoms with E-state index >= 15 is 0 Å². The largest absolute Gasteiger partial charge is 0.312 e. The molecule has 0 fully saturated rings. The van der Waals surface area contributed by atoms with E-state index < -0.39 is 0 Å². The van der Waals surface area contributed by atoms with Crippen LogP contribution in [0.15, 0.2) is 36.7 Å². The molecular weight excluding hydrogens is 228 g/mol. The van der Waals surface area contributed by atoms with Gasteiger partial charge in [0.05, 0.1) is 0 Å². The molecule has 0 spiro atoms. The van der Waals surface area contributed by atoms with Crippen LogP contribution in [0.4, 0.5) is 0 Å². The molecular formula is C14H18N2S. The minimum Gasteiger partial charge on any atom is -0.312 e. The van der Waals surface area contributed by atoms with Crippen LogP contribution in [0.1, 0.15) is 22.2 Å². The molecule has 2 nitrogen and oxygen atoms in total. The molecule has 0 aliphatic rings. The van der Waals surface area contributed by atoms with Gasteiger partial charge in [0.1, 0.15) is 0 Å². The minimum absolute atomic E-state index is 0.982. The Hall–Kier alpha value is -1.19. The van der Waals surface area contributed by atoms with Crippen LogP contribution in [0.3, 0.4) is 0 Å². The Morgan fingerprint density at radius 1 is 1.12 bits per heavy atom. The first-order chi connectivity index (χ1) is 8.38. The van der Waals surface area contributed by atoms with E-state index in [9.17, 15) is 0 Å². The molecule has 0 saturated carbocycles. The minimum atomic E-state index is 0.982. The van der Waals surface area contributed by atoms with E-state index in [1.54, 1.807) is 0 Å². The van der Waals surface area contributed by atoms with Crippen molar-refractivity contribution in [2.75, 3.05) is 6.54 Å². The number of hydrogen-bond donors (Lipinski definition) is 1. The van der Waals surface area contributed by atoms with E-state index in [2.05, 4.69) is 41.5 Å². The molecule has 0 amide bonds. The maximum absolute atomic E-state index is 4.01. The highest BCUT2D eigenvalue weighted by atomic mass is 32.1. The molecule has 0 aliphatic heterocycles. The quantitative estimate of drug-likeness (QED) is 0.792. The van der Waals surface area contributed by atoms with Gasteiger partial charge in [0.2, 0.25) is 0 Å². The average molecular weight is 246 g/mol. The summed E-state index contributed by atoms with van der Waals surface area (Å²) in [5, 5.41) is 3.48. The molecule has 2 aromatic heterocycles. The summed E-state index contributed by atoms with van der Waals surface area (Å²) in [4.78, 5) is 6.91. The van der Waals surface area contributed by atoms with Crippen LogP contribution in [0, 0.1) is 0 Å². The maximum Gasteiger partial charge on any atom is 0.0299 e. The van der Waals surface area contributed by atoms with Crippen LogP contribution in [0.5, 0.6) is 0 Å². The zero-order valence-electron chi connectivity index (χ0n) is 10.1. The molecule has 0 saturated heterocycles. The van der Waals surface area contributed by atoms with Gasteiger partial charge >= 0.3 is 0 Å². The summed E-state index contributed by atoms with van der Waals surface area (Å²) in [5.41, 5.74) is 1.34. The average Bonchev–Trinajstić information content (AvgIpc) is 2.84. The molecule has 0 aliphatic carbocycles. The van der Waals surface area contributed by atoms with Crippen molar-refractivity contribution in [1.82, 2.24) is 10.3 Å². The number of hydrogen-bond acceptors (Lipinski definition) is 3. The van der Waals surface area contributed by atoms with Crippen LogP contribution in [0.2, 0.25) is 0 Å². The maximum atomic E-state index is 4.01. The lowest BCUT2D eigenvalue weighted by molar-refractivity contribution is 0.693. The Morgan fingerprint density at radius 2 is 1.88 bits per heavy atom. The third-order valence-electron chi connectivity index (χ3n) is 2.70. The number of pyridine rings is 1. The number of thiophene rings is 1. The fourth-order valence-electron chi connectivity index (χ4n) is 1.70. The first-order valence-corrected chi connectivity index (χ1v) is 6.87. The van der Waals surface area contributed by atoms with E-state index in [-0.39, 0.29) is 0 Å². The second-order valence-corrected chi connectivity index (χ2v) is 5.26. The lowest BCUT2D eigenvalue weighted by atomic mass is 10.2. The van der Waals surface area contributed by atoms with Crippen molar-refractivity contribution in [3.8, 4) is 0 Å². The molecule has 0 radical (unpaired) electrons. The van der Waals surface area contributed by atoms with Gasteiger partial charge in [0.15, 0.2) is 0 Å². The molecule has 0 unspecified atom stereocenters. The summed E-state index contributed by atoms with van der Waals surface area (Å²) in [5.74, 6) is 0. The van der Waals surface area contributed by atoms with Gasteiger partial charge in [0.25, 0.3) is 0 Å². The number of rotatable bonds is 6. The van der Waals surface area contributed by atoms with Gasteiger partial charge in [0, 0.05) is 28.7 Å². The van der Waals surface area contributed by atoms with Crippen LogP contribution >= 0.6 is 11.3 Å². The summed E-state index contributed by atoms with van der Waals surface area (Å²) in [6, 6.07) is 8.59. The van der Waals surface area contributed by atoms with Gasteiger partial charge in [-0.2, -0.15) is 0 Å². The number of aromatic nitrogens is 1. The van der Waals surface area contributed by atoms with Crippen molar-refractivity contribution >= 4 is 11.3 Å². The van der Waals surface area contributed by atoms with Crippen molar-refractivity contribution < 1.29 is 0 Å². The lowest BCUT2D eigenvalue weighted by Crippen LogP contribution is -2.15. The molecule has 0 bridgehead atoms. The van der Waals surface area contributed by atoms with Crippen molar-refractivity contribution in [2.24, 2.45) is 0 Å². The normalized spacial score (nSPS) is 10.6. The van der Waals surface area contributed by atoms with Crippen LogP contribution < -0.4 is 5.32 Å². The summed E-state index contributed by atoms with van der Waals surface area (Å²) in [6.07, 6.45) is 5.90.